The minimum atomic E-state index is -0.657. The summed E-state index contributed by atoms with van der Waals surface area (Å²) in [6.45, 7) is 3.02. The van der Waals surface area contributed by atoms with Crippen LogP contribution in [-0.4, -0.2) is 52.5 Å². The Balaban J connectivity index is 1.47. The predicted octanol–water partition coefficient (Wildman–Crippen LogP) is 2.14. The number of likely N-dealkylation sites (N-methyl/N-ethyl adjacent to an activating group) is 1. The second-order valence-corrected chi connectivity index (χ2v) is 9.73. The van der Waals surface area contributed by atoms with Gasteiger partial charge < -0.3 is 21.3 Å². The molecule has 0 atom stereocenters. The third-order valence-electron chi connectivity index (χ3n) is 7.36. The summed E-state index contributed by atoms with van der Waals surface area (Å²) < 4.78 is 1.51. The van der Waals surface area contributed by atoms with E-state index in [9.17, 15) is 14.4 Å². The second-order valence-electron chi connectivity index (χ2n) is 9.73. The Bertz CT molecular complexity index is 1360. The Labute approximate surface area is 209 Å². The summed E-state index contributed by atoms with van der Waals surface area (Å²) >= 11 is 0. The molecular weight excluding hydrogens is 456 g/mol. The number of carbonyl (C=O) groups excluding carboxylic acids is 3. The Kier molecular flexibility index (Phi) is 5.88. The molecule has 0 radical (unpaired) electrons. The molecule has 3 amide bonds. The average Bonchev–Trinajstić information content (AvgIpc) is 3.54. The monoisotopic (exact) mass is 486 g/mol. The number of benzene rings is 2. The Morgan fingerprint density at radius 2 is 1.83 bits per heavy atom. The molecular formula is C27H30N6O3. The van der Waals surface area contributed by atoms with Crippen molar-refractivity contribution < 1.29 is 14.4 Å². The summed E-state index contributed by atoms with van der Waals surface area (Å²) in [5.74, 6) is -0.841. The Morgan fingerprint density at radius 3 is 2.44 bits per heavy atom. The number of primary amides is 1. The molecule has 186 valence electrons. The Hall–Kier alpha value is -3.98. The molecule has 1 aliphatic heterocycles. The number of hydrogen-bond acceptors (Lipinski definition) is 5. The highest BCUT2D eigenvalue weighted by Crippen LogP contribution is 2.49. The number of hydrogen-bond donors (Lipinski definition) is 2. The van der Waals surface area contributed by atoms with Gasteiger partial charge in [0.2, 0.25) is 5.91 Å². The van der Waals surface area contributed by atoms with Crippen LogP contribution in [0.3, 0.4) is 0 Å². The SMILES string of the molecule is CC(=O)N(C)CC1(c2ccc(N3CCc4c(C(N)=O)nn(-c5cccc(CN)c5)c4C3=O)cc2)CC1. The topological polar surface area (TPSA) is 128 Å². The van der Waals surface area contributed by atoms with Crippen molar-refractivity contribution in [3.05, 3.63) is 76.6 Å². The zero-order valence-electron chi connectivity index (χ0n) is 20.5. The summed E-state index contributed by atoms with van der Waals surface area (Å²) in [6, 6.07) is 15.4. The molecule has 2 aliphatic rings. The van der Waals surface area contributed by atoms with Gasteiger partial charge in [-0.25, -0.2) is 4.68 Å². The molecule has 1 aliphatic carbocycles. The fourth-order valence-electron chi connectivity index (χ4n) is 5.06. The first-order valence-electron chi connectivity index (χ1n) is 12.1. The van der Waals surface area contributed by atoms with Crippen LogP contribution in [0.2, 0.25) is 0 Å². The smallest absolute Gasteiger partial charge is 0.277 e. The molecule has 2 aromatic carbocycles. The van der Waals surface area contributed by atoms with Crippen LogP contribution >= 0.6 is 0 Å². The van der Waals surface area contributed by atoms with E-state index < -0.39 is 5.91 Å². The lowest BCUT2D eigenvalue weighted by molar-refractivity contribution is -0.127. The maximum atomic E-state index is 13.8. The molecule has 9 nitrogen and oxygen atoms in total. The van der Waals surface area contributed by atoms with Crippen molar-refractivity contribution in [2.24, 2.45) is 11.5 Å². The van der Waals surface area contributed by atoms with Gasteiger partial charge in [0.15, 0.2) is 5.69 Å². The van der Waals surface area contributed by atoms with Crippen molar-refractivity contribution >= 4 is 23.4 Å². The normalized spacial score (nSPS) is 16.0. The lowest BCUT2D eigenvalue weighted by Crippen LogP contribution is -2.39. The lowest BCUT2D eigenvalue weighted by Gasteiger charge is -2.28. The summed E-state index contributed by atoms with van der Waals surface area (Å²) in [4.78, 5) is 41.1. The van der Waals surface area contributed by atoms with Crippen LogP contribution in [-0.2, 0) is 23.2 Å². The van der Waals surface area contributed by atoms with Gasteiger partial charge in [0.05, 0.1) is 5.69 Å². The third-order valence-corrected chi connectivity index (χ3v) is 7.36. The Morgan fingerprint density at radius 1 is 1.11 bits per heavy atom. The predicted molar refractivity (Wildman–Crippen MR) is 136 cm³/mol. The van der Waals surface area contributed by atoms with Crippen molar-refractivity contribution in [1.29, 1.82) is 0 Å². The number of nitrogens with zero attached hydrogens (tertiary/aromatic N) is 4. The van der Waals surface area contributed by atoms with Gasteiger partial charge in [0.1, 0.15) is 5.69 Å². The third kappa shape index (κ3) is 4.05. The standard InChI is InChI=1S/C27H30N6O3/c1-17(34)31(2)16-27(11-12-27)19-6-8-20(9-7-19)32-13-10-22-23(25(29)35)30-33(24(22)26(32)36)21-5-3-4-18(14-21)15-28/h3-9,14H,10-13,15-16,28H2,1-2H3,(H2,29,35). The van der Waals surface area contributed by atoms with Crippen LogP contribution in [0.4, 0.5) is 5.69 Å². The molecule has 1 saturated carbocycles. The van der Waals surface area contributed by atoms with E-state index in [1.54, 1.807) is 16.7 Å². The van der Waals surface area contributed by atoms with E-state index >= 15 is 0 Å². The summed E-state index contributed by atoms with van der Waals surface area (Å²) in [5, 5.41) is 4.43. The largest absolute Gasteiger partial charge is 0.364 e. The van der Waals surface area contributed by atoms with Crippen molar-refractivity contribution in [2.75, 3.05) is 25.0 Å². The number of nitrogens with two attached hydrogens (primary N) is 2. The van der Waals surface area contributed by atoms with E-state index in [-0.39, 0.29) is 22.9 Å². The van der Waals surface area contributed by atoms with Crippen LogP contribution in [0.25, 0.3) is 5.69 Å². The zero-order chi connectivity index (χ0) is 25.6. The fraction of sp³-hybridized carbons (Fsp3) is 0.333. The summed E-state index contributed by atoms with van der Waals surface area (Å²) in [7, 11) is 1.83. The lowest BCUT2D eigenvalue weighted by atomic mass is 9.94. The summed E-state index contributed by atoms with van der Waals surface area (Å²) in [6.07, 6.45) is 2.53. The number of rotatable bonds is 7. The maximum absolute atomic E-state index is 13.8. The van der Waals surface area contributed by atoms with Crippen molar-refractivity contribution in [3.8, 4) is 5.69 Å². The van der Waals surface area contributed by atoms with Crippen LogP contribution in [0, 0.1) is 0 Å². The van der Waals surface area contributed by atoms with Gasteiger partial charge in [-0.3, -0.25) is 14.4 Å². The molecule has 4 N–H and O–H groups in total. The van der Waals surface area contributed by atoms with Crippen molar-refractivity contribution in [2.45, 2.75) is 38.1 Å². The van der Waals surface area contributed by atoms with E-state index in [4.69, 9.17) is 11.5 Å². The second kappa shape index (κ2) is 8.91. The quantitative estimate of drug-likeness (QED) is 0.529. The molecule has 0 unspecified atom stereocenters. The van der Waals surface area contributed by atoms with Gasteiger partial charge in [0.25, 0.3) is 11.8 Å². The molecule has 1 aromatic heterocycles. The highest BCUT2D eigenvalue weighted by Gasteiger charge is 2.45. The van der Waals surface area contributed by atoms with Crippen LogP contribution in [0.15, 0.2) is 48.5 Å². The molecule has 3 aromatic rings. The van der Waals surface area contributed by atoms with E-state index in [1.165, 1.54) is 10.2 Å². The number of fused-ring (bicyclic) bond motifs is 1. The van der Waals surface area contributed by atoms with E-state index in [1.807, 2.05) is 43.4 Å². The summed E-state index contributed by atoms with van der Waals surface area (Å²) in [5.41, 5.74) is 15.9. The van der Waals surface area contributed by atoms with Crippen molar-refractivity contribution in [1.82, 2.24) is 14.7 Å². The fourth-order valence-corrected chi connectivity index (χ4v) is 5.06. The van der Waals surface area contributed by atoms with E-state index in [0.717, 1.165) is 24.1 Å². The molecule has 0 spiro atoms. The molecule has 9 heteroatoms. The molecule has 2 heterocycles. The number of aromatic nitrogens is 2. The molecule has 0 saturated heterocycles. The van der Waals surface area contributed by atoms with E-state index in [2.05, 4.69) is 17.2 Å². The number of anilines is 1. The molecule has 36 heavy (non-hydrogen) atoms. The average molecular weight is 487 g/mol. The first kappa shape index (κ1) is 23.7. The van der Waals surface area contributed by atoms with Gasteiger partial charge in [0, 0.05) is 50.3 Å². The zero-order valence-corrected chi connectivity index (χ0v) is 20.5. The highest BCUT2D eigenvalue weighted by atomic mass is 16.2. The minimum Gasteiger partial charge on any atom is -0.364 e. The first-order chi connectivity index (χ1) is 17.2. The van der Waals surface area contributed by atoms with Gasteiger partial charge >= 0.3 is 0 Å². The number of carbonyl (C=O) groups is 3. The van der Waals surface area contributed by atoms with Gasteiger partial charge in [-0.15, -0.1) is 0 Å². The minimum absolute atomic E-state index is 0.0129. The van der Waals surface area contributed by atoms with E-state index in [0.29, 0.717) is 43.0 Å². The maximum Gasteiger partial charge on any atom is 0.277 e. The molecule has 0 bridgehead atoms. The van der Waals surface area contributed by atoms with Gasteiger partial charge in [-0.05, 0) is 54.7 Å². The van der Waals surface area contributed by atoms with Gasteiger partial charge in [-0.2, -0.15) is 5.10 Å². The van der Waals surface area contributed by atoms with Crippen LogP contribution in [0.1, 0.15) is 57.4 Å². The molecule has 1 fully saturated rings. The van der Waals surface area contributed by atoms with Crippen LogP contribution < -0.4 is 16.4 Å². The highest BCUT2D eigenvalue weighted by molar-refractivity contribution is 6.09. The molecule has 5 rings (SSSR count). The number of amides is 3. The van der Waals surface area contributed by atoms with Gasteiger partial charge in [-0.1, -0.05) is 24.3 Å². The first-order valence-corrected chi connectivity index (χ1v) is 12.1. The van der Waals surface area contributed by atoms with Crippen molar-refractivity contribution in [3.63, 3.8) is 0 Å². The van der Waals surface area contributed by atoms with Crippen LogP contribution in [0.5, 0.6) is 0 Å².